The zero-order valence-corrected chi connectivity index (χ0v) is 7.14. The third-order valence-electron chi connectivity index (χ3n) is 2.18. The summed E-state index contributed by atoms with van der Waals surface area (Å²) in [6.45, 7) is 0. The Balaban J connectivity index is 2.57. The lowest BCUT2D eigenvalue weighted by molar-refractivity contribution is -0.604. The van der Waals surface area contributed by atoms with E-state index in [1.807, 2.05) is 0 Å². The van der Waals surface area contributed by atoms with Gasteiger partial charge in [0.15, 0.2) is 6.20 Å². The molecule has 0 amide bonds. The molecule has 5 heteroatoms. The summed E-state index contributed by atoms with van der Waals surface area (Å²) < 4.78 is 0.730. The second-order valence-electron chi connectivity index (χ2n) is 3.05. The smallest absolute Gasteiger partial charge is 0.206 e. The fourth-order valence-electron chi connectivity index (χ4n) is 1.52. The molecule has 0 aromatic carbocycles. The van der Waals surface area contributed by atoms with Crippen LogP contribution in [0.3, 0.4) is 0 Å². The van der Waals surface area contributed by atoms with E-state index in [-0.39, 0.29) is 0 Å². The number of rotatable bonds is 0. The highest BCUT2D eigenvalue weighted by atomic mass is 16.5. The molecule has 14 heavy (non-hydrogen) atoms. The summed E-state index contributed by atoms with van der Waals surface area (Å²) in [5.41, 5.74) is 1.50. The van der Waals surface area contributed by atoms with Gasteiger partial charge in [0.1, 0.15) is 11.0 Å². The van der Waals surface area contributed by atoms with Crippen LogP contribution in [0.15, 0.2) is 30.9 Å². The summed E-state index contributed by atoms with van der Waals surface area (Å²) >= 11 is 0. The van der Waals surface area contributed by atoms with Gasteiger partial charge in [-0.2, -0.15) is 9.83 Å². The molecule has 0 radical (unpaired) electrons. The first-order valence-electron chi connectivity index (χ1n) is 4.15. The van der Waals surface area contributed by atoms with E-state index < -0.39 is 0 Å². The molecule has 3 aromatic rings. The molecule has 0 saturated carbocycles. The second kappa shape index (κ2) is 2.41. The number of H-pyrrole nitrogens is 1. The van der Waals surface area contributed by atoms with Crippen molar-refractivity contribution >= 4 is 21.8 Å². The first-order valence-corrected chi connectivity index (χ1v) is 4.15. The molecule has 3 heterocycles. The summed E-state index contributed by atoms with van der Waals surface area (Å²) in [5.74, 6) is 0. The molecule has 0 aliphatic rings. The van der Waals surface area contributed by atoms with Crippen LogP contribution in [0, 0.1) is 5.21 Å². The molecule has 3 aromatic heterocycles. The summed E-state index contributed by atoms with van der Waals surface area (Å²) in [4.78, 5) is 4.16. The SMILES string of the molecule is [O-][n+]1ccc2c(c1)ncc1c[nH]nc12. The van der Waals surface area contributed by atoms with Crippen LogP contribution in [0.25, 0.3) is 21.8 Å². The van der Waals surface area contributed by atoms with Gasteiger partial charge >= 0.3 is 0 Å². The van der Waals surface area contributed by atoms with Crippen molar-refractivity contribution in [3.63, 3.8) is 0 Å². The van der Waals surface area contributed by atoms with Crippen LogP contribution < -0.4 is 4.73 Å². The van der Waals surface area contributed by atoms with Crippen molar-refractivity contribution in [2.75, 3.05) is 0 Å². The summed E-state index contributed by atoms with van der Waals surface area (Å²) in [7, 11) is 0. The molecular formula is C9H6N4O. The molecule has 0 spiro atoms. The van der Waals surface area contributed by atoms with Crippen molar-refractivity contribution < 1.29 is 4.73 Å². The van der Waals surface area contributed by atoms with Crippen LogP contribution in [0.4, 0.5) is 0 Å². The van der Waals surface area contributed by atoms with Crippen molar-refractivity contribution in [3.05, 3.63) is 36.1 Å². The largest absolute Gasteiger partial charge is 0.619 e. The van der Waals surface area contributed by atoms with E-state index in [1.165, 1.54) is 12.4 Å². The Morgan fingerprint density at radius 3 is 3.29 bits per heavy atom. The Hall–Kier alpha value is -2.17. The fourth-order valence-corrected chi connectivity index (χ4v) is 1.52. The van der Waals surface area contributed by atoms with E-state index in [1.54, 1.807) is 18.5 Å². The van der Waals surface area contributed by atoms with Gasteiger partial charge in [-0.25, -0.2) is 4.98 Å². The minimum absolute atomic E-state index is 0.655. The van der Waals surface area contributed by atoms with Gasteiger partial charge in [-0.05, 0) is 0 Å². The highest BCUT2D eigenvalue weighted by molar-refractivity contribution is 6.01. The molecule has 0 bridgehead atoms. The average molecular weight is 186 g/mol. The zero-order valence-electron chi connectivity index (χ0n) is 7.14. The quantitative estimate of drug-likeness (QED) is 0.416. The molecule has 3 rings (SSSR count). The van der Waals surface area contributed by atoms with Crippen LogP contribution in [0.5, 0.6) is 0 Å². The third kappa shape index (κ3) is 0.861. The van der Waals surface area contributed by atoms with Gasteiger partial charge in [0.05, 0.1) is 0 Å². The molecule has 0 aliphatic carbocycles. The molecule has 0 saturated heterocycles. The molecule has 1 N–H and O–H groups in total. The number of fused-ring (bicyclic) bond motifs is 3. The lowest BCUT2D eigenvalue weighted by atomic mass is 10.2. The van der Waals surface area contributed by atoms with Crippen molar-refractivity contribution in [2.24, 2.45) is 0 Å². The number of aromatic nitrogens is 4. The van der Waals surface area contributed by atoms with E-state index >= 15 is 0 Å². The van der Waals surface area contributed by atoms with Gasteiger partial charge in [-0.15, -0.1) is 0 Å². The molecule has 0 aliphatic heterocycles. The van der Waals surface area contributed by atoms with Crippen LogP contribution in [0.1, 0.15) is 0 Å². The Kier molecular flexibility index (Phi) is 1.25. The first-order chi connectivity index (χ1) is 6.84. The van der Waals surface area contributed by atoms with Gasteiger partial charge in [-0.1, -0.05) is 0 Å². The van der Waals surface area contributed by atoms with Crippen molar-refractivity contribution in [2.45, 2.75) is 0 Å². The van der Waals surface area contributed by atoms with Gasteiger partial charge in [-0.3, -0.25) is 5.10 Å². The van der Waals surface area contributed by atoms with E-state index in [4.69, 9.17) is 0 Å². The Morgan fingerprint density at radius 2 is 2.36 bits per heavy atom. The maximum atomic E-state index is 11.0. The number of hydrogen-bond acceptors (Lipinski definition) is 3. The molecule has 0 unspecified atom stereocenters. The first kappa shape index (κ1) is 7.25. The van der Waals surface area contributed by atoms with Crippen molar-refractivity contribution in [1.82, 2.24) is 15.2 Å². The van der Waals surface area contributed by atoms with Crippen LogP contribution >= 0.6 is 0 Å². The average Bonchev–Trinajstić information content (AvgIpc) is 2.65. The number of pyridine rings is 2. The molecule has 5 nitrogen and oxygen atoms in total. The number of nitrogens with zero attached hydrogens (tertiary/aromatic N) is 3. The summed E-state index contributed by atoms with van der Waals surface area (Å²) in [6, 6.07) is 1.72. The minimum Gasteiger partial charge on any atom is -0.619 e. The number of aromatic amines is 1. The Bertz CT molecular complexity index is 616. The van der Waals surface area contributed by atoms with Gasteiger partial charge in [0.25, 0.3) is 0 Å². The standard InChI is InChI=1S/C9H6N4O/c14-13-2-1-7-8(5-13)10-3-6-4-11-12-9(6)7/h1-5H,(H,11,12). The molecule has 0 fully saturated rings. The van der Waals surface area contributed by atoms with E-state index in [2.05, 4.69) is 15.2 Å². The zero-order chi connectivity index (χ0) is 9.54. The minimum atomic E-state index is 0.655. The Morgan fingerprint density at radius 1 is 1.43 bits per heavy atom. The summed E-state index contributed by atoms with van der Waals surface area (Å²) in [6.07, 6.45) is 6.35. The van der Waals surface area contributed by atoms with Crippen LogP contribution in [0.2, 0.25) is 0 Å². The lowest BCUT2D eigenvalue weighted by Gasteiger charge is -1.97. The number of nitrogens with one attached hydrogen (secondary N) is 1. The predicted octanol–water partition coefficient (Wildman–Crippen LogP) is 0.744. The third-order valence-corrected chi connectivity index (χ3v) is 2.18. The van der Waals surface area contributed by atoms with E-state index in [0.29, 0.717) is 5.52 Å². The van der Waals surface area contributed by atoms with Gasteiger partial charge < -0.3 is 5.21 Å². The number of hydrogen-bond donors (Lipinski definition) is 1. The van der Waals surface area contributed by atoms with Gasteiger partial charge in [0, 0.05) is 29.2 Å². The van der Waals surface area contributed by atoms with Crippen molar-refractivity contribution in [1.29, 1.82) is 0 Å². The predicted molar refractivity (Wildman–Crippen MR) is 50.4 cm³/mol. The second-order valence-corrected chi connectivity index (χ2v) is 3.05. The Labute approximate surface area is 78.6 Å². The maximum absolute atomic E-state index is 11.0. The van der Waals surface area contributed by atoms with E-state index in [0.717, 1.165) is 21.0 Å². The maximum Gasteiger partial charge on any atom is 0.206 e. The topological polar surface area (TPSA) is 68.5 Å². The highest BCUT2D eigenvalue weighted by Crippen LogP contribution is 2.18. The lowest BCUT2D eigenvalue weighted by Crippen LogP contribution is -2.23. The monoisotopic (exact) mass is 186 g/mol. The highest BCUT2D eigenvalue weighted by Gasteiger charge is 2.05. The normalized spacial score (nSPS) is 11.1. The van der Waals surface area contributed by atoms with Crippen LogP contribution in [-0.4, -0.2) is 15.2 Å². The summed E-state index contributed by atoms with van der Waals surface area (Å²) in [5, 5.41) is 19.7. The van der Waals surface area contributed by atoms with E-state index in [9.17, 15) is 5.21 Å². The fraction of sp³-hybridized carbons (Fsp3) is 0. The molecular weight excluding hydrogens is 180 g/mol. The molecule has 68 valence electrons. The van der Waals surface area contributed by atoms with Crippen molar-refractivity contribution in [3.8, 4) is 0 Å². The molecule has 0 atom stereocenters. The van der Waals surface area contributed by atoms with Gasteiger partial charge in [0.2, 0.25) is 6.20 Å². The van der Waals surface area contributed by atoms with Crippen LogP contribution in [-0.2, 0) is 0 Å².